The van der Waals surface area contributed by atoms with Crippen molar-refractivity contribution in [2.24, 2.45) is 5.73 Å². The maximum absolute atomic E-state index is 13.6. The number of methoxy groups -OCH3 is 1. The molecule has 0 bridgehead atoms. The number of benzene rings is 1. The molecule has 1 atom stereocenters. The summed E-state index contributed by atoms with van der Waals surface area (Å²) in [5.74, 6) is -1.77. The van der Waals surface area contributed by atoms with E-state index in [4.69, 9.17) is 19.9 Å². The molecule has 0 spiro atoms. The number of H-pyrrole nitrogens is 1. The Morgan fingerprint density at radius 3 is 2.61 bits per heavy atom. The highest BCUT2D eigenvalue weighted by Crippen LogP contribution is 2.48. The van der Waals surface area contributed by atoms with Gasteiger partial charge in [0.05, 0.1) is 18.6 Å². The van der Waals surface area contributed by atoms with Gasteiger partial charge >= 0.3 is 6.18 Å². The van der Waals surface area contributed by atoms with Crippen molar-refractivity contribution >= 4 is 5.91 Å². The Morgan fingerprint density at radius 1 is 1.33 bits per heavy atom. The number of ether oxygens (including phenoxy) is 3. The zero-order valence-electron chi connectivity index (χ0n) is 18.1. The van der Waals surface area contributed by atoms with Gasteiger partial charge in [0.25, 0.3) is 5.91 Å². The third-order valence-corrected chi connectivity index (χ3v) is 5.21. The third kappa shape index (κ3) is 4.52. The zero-order valence-corrected chi connectivity index (χ0v) is 18.1. The van der Waals surface area contributed by atoms with Crippen LogP contribution in [0.1, 0.15) is 36.6 Å². The number of likely N-dealkylation sites (N-methyl/N-ethyl adjacent to an activating group) is 1. The van der Waals surface area contributed by atoms with Crippen LogP contribution in [0.25, 0.3) is 0 Å². The summed E-state index contributed by atoms with van der Waals surface area (Å²) in [7, 11) is 1.35. The number of alkyl halides is 3. The summed E-state index contributed by atoms with van der Waals surface area (Å²) in [4.78, 5) is 13.8. The van der Waals surface area contributed by atoms with E-state index < -0.39 is 17.8 Å². The predicted octanol–water partition coefficient (Wildman–Crippen LogP) is 2.90. The molecule has 0 saturated heterocycles. The van der Waals surface area contributed by atoms with Crippen LogP contribution >= 0.6 is 0 Å². The van der Waals surface area contributed by atoms with Crippen LogP contribution in [0.15, 0.2) is 29.7 Å². The Kier molecular flexibility index (Phi) is 6.71. The van der Waals surface area contributed by atoms with E-state index in [1.165, 1.54) is 25.3 Å². The van der Waals surface area contributed by atoms with E-state index >= 15 is 0 Å². The van der Waals surface area contributed by atoms with Gasteiger partial charge in [-0.25, -0.2) is 0 Å². The van der Waals surface area contributed by atoms with E-state index in [1.807, 2.05) is 25.0 Å². The van der Waals surface area contributed by atoms with E-state index in [2.05, 4.69) is 5.10 Å². The maximum atomic E-state index is 13.6. The number of nitrogens with two attached hydrogens (primary N) is 1. The number of fused-ring (bicyclic) bond motifs is 1. The number of nitrogens with zero attached hydrogens (tertiary/aromatic N) is 3. The second kappa shape index (κ2) is 9.32. The molecule has 9 nitrogen and oxygen atoms in total. The van der Waals surface area contributed by atoms with Crippen LogP contribution in [0, 0.1) is 11.3 Å². The molecule has 1 aromatic carbocycles. The van der Waals surface area contributed by atoms with E-state index in [9.17, 15) is 23.2 Å². The fraction of sp³-hybridized carbons (Fsp3) is 0.381. The predicted molar refractivity (Wildman–Crippen MR) is 109 cm³/mol. The normalized spacial score (nSPS) is 15.4. The van der Waals surface area contributed by atoms with Crippen LogP contribution in [0.5, 0.6) is 17.4 Å². The minimum Gasteiger partial charge on any atom is -0.493 e. The lowest BCUT2D eigenvalue weighted by molar-refractivity contribution is -0.141. The first kappa shape index (κ1) is 23.8. The van der Waals surface area contributed by atoms with E-state index in [0.717, 1.165) is 0 Å². The van der Waals surface area contributed by atoms with Crippen LogP contribution in [0.4, 0.5) is 13.2 Å². The van der Waals surface area contributed by atoms with Crippen LogP contribution in [0.2, 0.25) is 0 Å². The summed E-state index contributed by atoms with van der Waals surface area (Å²) in [5.41, 5.74) is 4.34. The van der Waals surface area contributed by atoms with Crippen molar-refractivity contribution in [3.05, 3.63) is 46.5 Å². The minimum absolute atomic E-state index is 0.167. The number of nitrogens with one attached hydrogen (secondary N) is 1. The van der Waals surface area contributed by atoms with Crippen molar-refractivity contribution in [3.63, 3.8) is 0 Å². The minimum atomic E-state index is -4.77. The number of aromatic nitrogens is 2. The van der Waals surface area contributed by atoms with E-state index in [-0.39, 0.29) is 52.5 Å². The molecule has 33 heavy (non-hydrogen) atoms. The van der Waals surface area contributed by atoms with Gasteiger partial charge in [0.2, 0.25) is 11.8 Å². The molecule has 1 aliphatic rings. The Balaban J connectivity index is 2.02. The smallest absolute Gasteiger partial charge is 0.433 e. The van der Waals surface area contributed by atoms with Crippen molar-refractivity contribution in [1.82, 2.24) is 15.1 Å². The Morgan fingerprint density at radius 2 is 2.03 bits per heavy atom. The van der Waals surface area contributed by atoms with Gasteiger partial charge in [0.15, 0.2) is 18.1 Å². The number of carbonyl (C=O) groups excluding carboxylic acids is 1. The molecule has 176 valence electrons. The highest BCUT2D eigenvalue weighted by molar-refractivity contribution is 5.77. The molecule has 0 radical (unpaired) electrons. The van der Waals surface area contributed by atoms with Gasteiger partial charge in [0.1, 0.15) is 17.3 Å². The number of halogens is 3. The first-order valence-corrected chi connectivity index (χ1v) is 9.97. The van der Waals surface area contributed by atoms with Crippen LogP contribution < -0.4 is 19.9 Å². The monoisotopic (exact) mass is 465 g/mol. The van der Waals surface area contributed by atoms with Gasteiger partial charge in [0, 0.05) is 13.1 Å². The number of hydrogen-bond donors (Lipinski definition) is 2. The lowest BCUT2D eigenvalue weighted by Crippen LogP contribution is -2.34. The zero-order chi connectivity index (χ0) is 24.3. The van der Waals surface area contributed by atoms with Crippen molar-refractivity contribution in [1.29, 1.82) is 5.26 Å². The Labute approximate surface area is 187 Å². The first-order chi connectivity index (χ1) is 15.7. The summed E-state index contributed by atoms with van der Waals surface area (Å²) in [6, 6.07) is 6.18. The molecular formula is C21H22F3N5O4. The molecular weight excluding hydrogens is 443 g/mol. The Hall–Kier alpha value is -3.88. The molecule has 2 heterocycles. The second-order valence-corrected chi connectivity index (χ2v) is 7.00. The molecule has 3 rings (SSSR count). The van der Waals surface area contributed by atoms with Crippen LogP contribution in [-0.2, 0) is 11.0 Å². The van der Waals surface area contributed by atoms with E-state index in [1.54, 1.807) is 4.90 Å². The molecule has 1 amide bonds. The first-order valence-electron chi connectivity index (χ1n) is 9.97. The SMILES string of the molecule is CCN(CC)C(=O)COc1ccc(C2C(C#N)=C(N)Oc3n[nH]c(C(F)(F)F)c32)cc1OC. The van der Waals surface area contributed by atoms with E-state index in [0.29, 0.717) is 13.1 Å². The summed E-state index contributed by atoms with van der Waals surface area (Å²) in [6.45, 7) is 4.50. The number of rotatable bonds is 7. The molecule has 0 fully saturated rings. The number of amides is 1. The van der Waals surface area contributed by atoms with Crippen molar-refractivity contribution in [2.45, 2.75) is 25.9 Å². The average Bonchev–Trinajstić information content (AvgIpc) is 3.21. The molecule has 2 aromatic rings. The van der Waals surface area contributed by atoms with Crippen LogP contribution in [0.3, 0.4) is 0 Å². The summed E-state index contributed by atoms with van der Waals surface area (Å²) < 4.78 is 56.9. The topological polar surface area (TPSA) is 126 Å². The highest BCUT2D eigenvalue weighted by atomic mass is 19.4. The van der Waals surface area contributed by atoms with Crippen LogP contribution in [-0.4, -0.2) is 47.8 Å². The molecule has 1 unspecified atom stereocenters. The lowest BCUT2D eigenvalue weighted by Gasteiger charge is -2.25. The third-order valence-electron chi connectivity index (χ3n) is 5.21. The van der Waals surface area contributed by atoms with Crippen molar-refractivity contribution in [3.8, 4) is 23.4 Å². The number of aromatic amines is 1. The molecule has 1 aliphatic heterocycles. The van der Waals surface area contributed by atoms with Gasteiger partial charge in [-0.3, -0.25) is 9.89 Å². The molecule has 0 saturated carbocycles. The number of nitriles is 1. The largest absolute Gasteiger partial charge is 0.493 e. The average molecular weight is 465 g/mol. The molecule has 1 aromatic heterocycles. The summed E-state index contributed by atoms with van der Waals surface area (Å²) in [6.07, 6.45) is -4.77. The highest BCUT2D eigenvalue weighted by Gasteiger charge is 2.44. The molecule has 3 N–H and O–H groups in total. The standard InChI is InChI=1S/C21H22F3N5O4/c1-4-29(5-2)15(30)10-32-13-7-6-11(8-14(13)31-3)16-12(9-25)19(26)33-20-17(16)18(27-28-20)21(22,23)24/h6-8,16H,4-5,10,26H2,1-3H3,(H,27,28). The molecule has 0 aliphatic carbocycles. The summed E-state index contributed by atoms with van der Waals surface area (Å²) in [5, 5.41) is 15.1. The van der Waals surface area contributed by atoms with Gasteiger partial charge in [-0.15, -0.1) is 5.10 Å². The number of hydrogen-bond acceptors (Lipinski definition) is 7. The van der Waals surface area contributed by atoms with Gasteiger partial charge in [-0.1, -0.05) is 6.07 Å². The van der Waals surface area contributed by atoms with Crippen molar-refractivity contribution in [2.75, 3.05) is 26.8 Å². The summed E-state index contributed by atoms with van der Waals surface area (Å²) >= 11 is 0. The fourth-order valence-electron chi connectivity index (χ4n) is 3.58. The Bertz CT molecular complexity index is 1120. The van der Waals surface area contributed by atoms with Gasteiger partial charge in [-0.05, 0) is 31.5 Å². The lowest BCUT2D eigenvalue weighted by atomic mass is 9.83. The van der Waals surface area contributed by atoms with Gasteiger partial charge in [-0.2, -0.15) is 18.4 Å². The fourth-order valence-corrected chi connectivity index (χ4v) is 3.58. The van der Waals surface area contributed by atoms with Crippen molar-refractivity contribution < 1.29 is 32.2 Å². The molecule has 12 heteroatoms. The quantitative estimate of drug-likeness (QED) is 0.644. The maximum Gasteiger partial charge on any atom is 0.433 e. The number of carbonyl (C=O) groups is 1. The number of allylic oxidation sites excluding steroid dienone is 1. The second-order valence-electron chi connectivity index (χ2n) is 7.00. The van der Waals surface area contributed by atoms with Gasteiger partial charge < -0.3 is 24.8 Å².